The third-order valence-electron chi connectivity index (χ3n) is 2.66. The number of carbonyl (C=O) groups is 1. The summed E-state index contributed by atoms with van der Waals surface area (Å²) in [6.07, 6.45) is 0.750. The van der Waals surface area contributed by atoms with Crippen molar-refractivity contribution in [1.82, 2.24) is 0 Å². The molecular weight excluding hydrogens is 328 g/mol. The molecule has 2 rings (SSSR count). The van der Waals surface area contributed by atoms with Gasteiger partial charge in [-0.05, 0) is 40.5 Å². The van der Waals surface area contributed by atoms with Crippen molar-refractivity contribution in [3.8, 4) is 5.75 Å². The van der Waals surface area contributed by atoms with E-state index in [1.807, 2.05) is 31.2 Å². The van der Waals surface area contributed by atoms with Gasteiger partial charge in [0.15, 0.2) is 5.75 Å². The second-order valence-electron chi connectivity index (χ2n) is 4.21. The minimum Gasteiger partial charge on any atom is -0.486 e. The van der Waals surface area contributed by atoms with E-state index in [9.17, 15) is 4.79 Å². The Morgan fingerprint density at radius 2 is 1.95 bits per heavy atom. The molecule has 0 saturated heterocycles. The zero-order valence-corrected chi connectivity index (χ0v) is 12.7. The number of aldehydes is 1. The van der Waals surface area contributed by atoms with E-state index in [2.05, 4.69) is 15.9 Å². The van der Waals surface area contributed by atoms with Crippen molar-refractivity contribution in [3.05, 3.63) is 62.6 Å². The van der Waals surface area contributed by atoms with E-state index in [4.69, 9.17) is 16.3 Å². The molecule has 0 aliphatic heterocycles. The predicted octanol–water partition coefficient (Wildman–Crippen LogP) is 4.80. The van der Waals surface area contributed by atoms with Crippen LogP contribution in [0.5, 0.6) is 5.75 Å². The molecule has 0 bridgehead atoms. The normalized spacial score (nSPS) is 10.3. The van der Waals surface area contributed by atoms with Crippen LogP contribution >= 0.6 is 27.5 Å². The van der Waals surface area contributed by atoms with Crippen LogP contribution in [0.4, 0.5) is 0 Å². The Labute approximate surface area is 125 Å². The summed E-state index contributed by atoms with van der Waals surface area (Å²) in [5.74, 6) is 0.549. The number of ether oxygens (including phenoxy) is 1. The maximum absolute atomic E-state index is 10.7. The Balaban J connectivity index is 2.15. The number of benzene rings is 2. The van der Waals surface area contributed by atoms with Gasteiger partial charge in [-0.1, -0.05) is 41.4 Å². The van der Waals surface area contributed by atoms with Gasteiger partial charge in [0.2, 0.25) is 0 Å². The Hall–Kier alpha value is -1.32. The summed E-state index contributed by atoms with van der Waals surface area (Å²) in [5, 5.41) is 0.420. The van der Waals surface area contributed by atoms with Crippen LogP contribution < -0.4 is 4.74 Å². The number of aryl methyl sites for hydroxylation is 1. The molecule has 19 heavy (non-hydrogen) atoms. The minimum absolute atomic E-state index is 0.420. The molecule has 0 spiro atoms. The standard InChI is InChI=1S/C15H12BrClO2/c1-10-2-4-11(5-3-10)9-19-15-13(16)6-12(8-18)7-14(15)17/h2-8H,9H2,1H3. The van der Waals surface area contributed by atoms with Crippen LogP contribution in [0.25, 0.3) is 0 Å². The zero-order chi connectivity index (χ0) is 13.8. The fourth-order valence-corrected chi connectivity index (χ4v) is 2.61. The summed E-state index contributed by atoms with van der Waals surface area (Å²) in [6, 6.07) is 11.4. The molecule has 0 N–H and O–H groups in total. The van der Waals surface area contributed by atoms with Crippen molar-refractivity contribution in [2.45, 2.75) is 13.5 Å². The number of rotatable bonds is 4. The molecule has 2 nitrogen and oxygen atoms in total. The van der Waals surface area contributed by atoms with Crippen LogP contribution in [0.2, 0.25) is 5.02 Å². The summed E-state index contributed by atoms with van der Waals surface area (Å²) in [5.41, 5.74) is 2.78. The lowest BCUT2D eigenvalue weighted by Crippen LogP contribution is -1.97. The first-order valence-corrected chi connectivity index (χ1v) is 6.90. The quantitative estimate of drug-likeness (QED) is 0.748. The van der Waals surface area contributed by atoms with Crippen molar-refractivity contribution in [1.29, 1.82) is 0 Å². The van der Waals surface area contributed by atoms with Gasteiger partial charge in [0, 0.05) is 5.56 Å². The third-order valence-corrected chi connectivity index (χ3v) is 3.53. The SMILES string of the molecule is Cc1ccc(COc2c(Cl)cc(C=O)cc2Br)cc1. The van der Waals surface area contributed by atoms with Crippen LogP contribution in [0.1, 0.15) is 21.5 Å². The fourth-order valence-electron chi connectivity index (χ4n) is 1.63. The highest BCUT2D eigenvalue weighted by atomic mass is 79.9. The zero-order valence-electron chi connectivity index (χ0n) is 10.3. The second kappa shape index (κ2) is 6.22. The van der Waals surface area contributed by atoms with Gasteiger partial charge in [0.05, 0.1) is 9.50 Å². The lowest BCUT2D eigenvalue weighted by atomic mass is 10.2. The van der Waals surface area contributed by atoms with Crippen LogP contribution in [0.15, 0.2) is 40.9 Å². The van der Waals surface area contributed by atoms with Gasteiger partial charge in [-0.2, -0.15) is 0 Å². The van der Waals surface area contributed by atoms with E-state index in [1.54, 1.807) is 12.1 Å². The highest BCUT2D eigenvalue weighted by molar-refractivity contribution is 9.10. The molecule has 0 atom stereocenters. The molecule has 0 aromatic heterocycles. The largest absolute Gasteiger partial charge is 0.486 e. The molecule has 4 heteroatoms. The molecule has 2 aromatic carbocycles. The maximum atomic E-state index is 10.7. The van der Waals surface area contributed by atoms with Gasteiger partial charge < -0.3 is 4.74 Å². The summed E-state index contributed by atoms with van der Waals surface area (Å²) < 4.78 is 6.37. The molecule has 0 aliphatic rings. The lowest BCUT2D eigenvalue weighted by Gasteiger charge is -2.11. The summed E-state index contributed by atoms with van der Waals surface area (Å²) in [4.78, 5) is 10.7. The van der Waals surface area contributed by atoms with E-state index in [-0.39, 0.29) is 0 Å². The van der Waals surface area contributed by atoms with E-state index in [0.29, 0.717) is 27.4 Å². The fraction of sp³-hybridized carbons (Fsp3) is 0.133. The lowest BCUT2D eigenvalue weighted by molar-refractivity contribution is 0.112. The van der Waals surface area contributed by atoms with Crippen LogP contribution in [-0.4, -0.2) is 6.29 Å². The average Bonchev–Trinajstić information content (AvgIpc) is 2.39. The topological polar surface area (TPSA) is 26.3 Å². The first-order valence-electron chi connectivity index (χ1n) is 5.72. The second-order valence-corrected chi connectivity index (χ2v) is 5.47. The molecule has 0 unspecified atom stereocenters. The molecule has 0 amide bonds. The number of hydrogen-bond acceptors (Lipinski definition) is 2. The van der Waals surface area contributed by atoms with Crippen molar-refractivity contribution in [2.75, 3.05) is 0 Å². The Morgan fingerprint density at radius 1 is 1.26 bits per heavy atom. The highest BCUT2D eigenvalue weighted by Gasteiger charge is 2.09. The molecule has 0 fully saturated rings. The first kappa shape index (κ1) is 14.1. The number of hydrogen-bond donors (Lipinski definition) is 0. The van der Waals surface area contributed by atoms with Gasteiger partial charge in [-0.25, -0.2) is 0 Å². The van der Waals surface area contributed by atoms with Gasteiger partial charge in [0.25, 0.3) is 0 Å². The van der Waals surface area contributed by atoms with Crippen LogP contribution in [0, 0.1) is 6.92 Å². The molecule has 0 heterocycles. The monoisotopic (exact) mass is 338 g/mol. The van der Waals surface area contributed by atoms with Gasteiger partial charge in [0.1, 0.15) is 12.9 Å². The summed E-state index contributed by atoms with van der Waals surface area (Å²) >= 11 is 9.45. The molecule has 0 saturated carbocycles. The average molecular weight is 340 g/mol. The van der Waals surface area contributed by atoms with Crippen LogP contribution in [-0.2, 0) is 6.61 Å². The van der Waals surface area contributed by atoms with Crippen molar-refractivity contribution >= 4 is 33.8 Å². The van der Waals surface area contributed by atoms with E-state index in [1.165, 1.54) is 5.56 Å². The maximum Gasteiger partial charge on any atom is 0.152 e. The number of carbonyl (C=O) groups excluding carboxylic acids is 1. The van der Waals surface area contributed by atoms with Crippen LogP contribution in [0.3, 0.4) is 0 Å². The van der Waals surface area contributed by atoms with Crippen molar-refractivity contribution in [2.24, 2.45) is 0 Å². The third kappa shape index (κ3) is 3.58. The first-order chi connectivity index (χ1) is 9.10. The highest BCUT2D eigenvalue weighted by Crippen LogP contribution is 2.34. The summed E-state index contributed by atoms with van der Waals surface area (Å²) in [7, 11) is 0. The van der Waals surface area contributed by atoms with Gasteiger partial charge in [-0.15, -0.1) is 0 Å². The minimum atomic E-state index is 0.420. The predicted molar refractivity (Wildman–Crippen MR) is 80.1 cm³/mol. The molecular formula is C15H12BrClO2. The van der Waals surface area contributed by atoms with Crippen molar-refractivity contribution < 1.29 is 9.53 Å². The van der Waals surface area contributed by atoms with Crippen molar-refractivity contribution in [3.63, 3.8) is 0 Å². The smallest absolute Gasteiger partial charge is 0.152 e. The number of halogens is 2. The Bertz CT molecular complexity index is 571. The Morgan fingerprint density at radius 3 is 2.53 bits per heavy atom. The molecule has 0 radical (unpaired) electrons. The molecule has 98 valence electrons. The summed E-state index contributed by atoms with van der Waals surface area (Å²) in [6.45, 7) is 2.47. The van der Waals surface area contributed by atoms with E-state index < -0.39 is 0 Å². The van der Waals surface area contributed by atoms with E-state index in [0.717, 1.165) is 11.8 Å². The van der Waals surface area contributed by atoms with Gasteiger partial charge in [-0.3, -0.25) is 4.79 Å². The van der Waals surface area contributed by atoms with E-state index >= 15 is 0 Å². The molecule has 2 aromatic rings. The Kier molecular flexibility index (Phi) is 4.61. The molecule has 0 aliphatic carbocycles. The van der Waals surface area contributed by atoms with Gasteiger partial charge >= 0.3 is 0 Å².